The molecule has 2 aromatic heterocycles. The topological polar surface area (TPSA) is 77.8 Å². The van der Waals surface area contributed by atoms with Crippen molar-refractivity contribution in [2.24, 2.45) is 11.5 Å². The van der Waals surface area contributed by atoms with E-state index in [2.05, 4.69) is 41.8 Å². The summed E-state index contributed by atoms with van der Waals surface area (Å²) in [4.78, 5) is 8.24. The predicted octanol–water partition coefficient (Wildman–Crippen LogP) is 4.36. The minimum atomic E-state index is 0.193. The zero-order valence-electron chi connectivity index (χ0n) is 13.5. The molecule has 6 heteroatoms. The Labute approximate surface area is 159 Å². The maximum Gasteiger partial charge on any atom is 0.0413 e. The highest BCUT2D eigenvalue weighted by atomic mass is 79.9. The van der Waals surface area contributed by atoms with Crippen molar-refractivity contribution < 1.29 is 0 Å². The number of halogens is 2. The van der Waals surface area contributed by atoms with E-state index in [0.717, 1.165) is 34.6 Å². The number of rotatable bonds is 0. The molecule has 2 atom stereocenters. The van der Waals surface area contributed by atoms with E-state index < -0.39 is 0 Å². The van der Waals surface area contributed by atoms with E-state index in [4.69, 9.17) is 11.5 Å². The zero-order valence-corrected chi connectivity index (χ0v) is 16.7. The summed E-state index contributed by atoms with van der Waals surface area (Å²) in [7, 11) is 0. The number of aromatic nitrogens is 2. The molecule has 0 bridgehead atoms. The number of nitrogens with two attached hydrogens (primary N) is 2. The average molecular weight is 454 g/mol. The molecule has 2 aromatic rings. The Hall–Kier alpha value is -0.820. The smallest absolute Gasteiger partial charge is 0.0413 e. The molecule has 4 rings (SSSR count). The number of fused-ring (bicyclic) bond motifs is 2. The first-order chi connectivity index (χ1) is 11.6. The first-order valence-electron chi connectivity index (χ1n) is 8.33. The van der Waals surface area contributed by atoms with E-state index in [1.165, 1.54) is 35.1 Å². The van der Waals surface area contributed by atoms with Gasteiger partial charge < -0.3 is 11.5 Å². The van der Waals surface area contributed by atoms with E-state index in [9.17, 15) is 0 Å². The van der Waals surface area contributed by atoms with Gasteiger partial charge >= 0.3 is 0 Å². The fourth-order valence-electron chi connectivity index (χ4n) is 3.43. The largest absolute Gasteiger partial charge is 0.324 e. The van der Waals surface area contributed by atoms with Crippen LogP contribution in [0.2, 0.25) is 0 Å². The van der Waals surface area contributed by atoms with Gasteiger partial charge in [0.2, 0.25) is 0 Å². The van der Waals surface area contributed by atoms with Crippen molar-refractivity contribution >= 4 is 31.9 Å². The van der Waals surface area contributed by atoms with Crippen LogP contribution < -0.4 is 11.5 Å². The molecule has 0 unspecified atom stereocenters. The van der Waals surface area contributed by atoms with Gasteiger partial charge in [-0.1, -0.05) is 0 Å². The molecule has 0 amide bonds. The van der Waals surface area contributed by atoms with Crippen LogP contribution in [0.1, 0.15) is 60.0 Å². The molecule has 0 radical (unpaired) electrons. The van der Waals surface area contributed by atoms with Crippen LogP contribution in [0.25, 0.3) is 0 Å². The van der Waals surface area contributed by atoms with Crippen molar-refractivity contribution in [3.8, 4) is 0 Å². The standard InChI is InChI=1S/2C9H11BrN2/c2*10-8-5-12-4-7-6(8)2-1-3-9(7)11/h2*4-5,9H,1-3,11H2/t2*9-/m10/s1. The molecule has 0 aromatic carbocycles. The second kappa shape index (κ2) is 8.04. The molecule has 0 spiro atoms. The normalized spacial score (nSPS) is 22.0. The van der Waals surface area contributed by atoms with Gasteiger partial charge in [-0.3, -0.25) is 9.97 Å². The van der Waals surface area contributed by atoms with E-state index in [1.807, 2.05) is 24.8 Å². The highest BCUT2D eigenvalue weighted by Crippen LogP contribution is 2.32. The van der Waals surface area contributed by atoms with Crippen LogP contribution in [0.3, 0.4) is 0 Å². The van der Waals surface area contributed by atoms with Crippen LogP contribution in [0, 0.1) is 0 Å². The summed E-state index contributed by atoms with van der Waals surface area (Å²) in [5.41, 5.74) is 17.0. The van der Waals surface area contributed by atoms with Crippen molar-refractivity contribution in [1.29, 1.82) is 0 Å². The third kappa shape index (κ3) is 3.87. The summed E-state index contributed by atoms with van der Waals surface area (Å²) in [5, 5.41) is 0. The van der Waals surface area contributed by atoms with E-state index in [0.29, 0.717) is 0 Å². The fraction of sp³-hybridized carbons (Fsp3) is 0.444. The van der Waals surface area contributed by atoms with Crippen LogP contribution in [0.15, 0.2) is 33.7 Å². The molecule has 4 N–H and O–H groups in total. The van der Waals surface area contributed by atoms with Crippen LogP contribution in [-0.4, -0.2) is 9.97 Å². The van der Waals surface area contributed by atoms with Crippen molar-refractivity contribution in [1.82, 2.24) is 9.97 Å². The zero-order chi connectivity index (χ0) is 17.1. The van der Waals surface area contributed by atoms with Crippen molar-refractivity contribution in [2.45, 2.75) is 50.6 Å². The summed E-state index contributed by atoms with van der Waals surface area (Å²) in [6.45, 7) is 0. The van der Waals surface area contributed by atoms with E-state index in [1.54, 1.807) is 0 Å². The minimum Gasteiger partial charge on any atom is -0.324 e. The Balaban J connectivity index is 0.000000141. The van der Waals surface area contributed by atoms with Gasteiger partial charge in [0.25, 0.3) is 0 Å². The number of nitrogens with zero attached hydrogens (tertiary/aromatic N) is 2. The van der Waals surface area contributed by atoms with Crippen LogP contribution in [-0.2, 0) is 12.8 Å². The SMILES string of the molecule is N[C@@H]1CCCc2c(Br)cncc21.N[C@H]1CCCc2c(Br)cncc21. The van der Waals surface area contributed by atoms with Gasteiger partial charge in [0.1, 0.15) is 0 Å². The van der Waals surface area contributed by atoms with Crippen LogP contribution in [0.4, 0.5) is 0 Å². The fourth-order valence-corrected chi connectivity index (χ4v) is 4.52. The molecule has 2 heterocycles. The number of hydrogen-bond acceptors (Lipinski definition) is 4. The predicted molar refractivity (Wildman–Crippen MR) is 104 cm³/mol. The third-order valence-corrected chi connectivity index (χ3v) is 6.13. The van der Waals surface area contributed by atoms with E-state index in [-0.39, 0.29) is 12.1 Å². The Morgan fingerprint density at radius 2 is 1.17 bits per heavy atom. The molecule has 0 saturated carbocycles. The maximum absolute atomic E-state index is 5.95. The van der Waals surface area contributed by atoms with E-state index >= 15 is 0 Å². The highest BCUT2D eigenvalue weighted by Gasteiger charge is 2.19. The second-order valence-electron chi connectivity index (χ2n) is 6.38. The van der Waals surface area contributed by atoms with Crippen molar-refractivity contribution in [3.05, 3.63) is 56.0 Å². The first kappa shape index (κ1) is 18.0. The molecular formula is C18H22Br2N4. The van der Waals surface area contributed by atoms with Crippen LogP contribution in [0.5, 0.6) is 0 Å². The van der Waals surface area contributed by atoms with Gasteiger partial charge in [0.15, 0.2) is 0 Å². The summed E-state index contributed by atoms with van der Waals surface area (Å²) in [6.07, 6.45) is 14.3. The molecule has 0 fully saturated rings. The lowest BCUT2D eigenvalue weighted by atomic mass is 9.90. The average Bonchev–Trinajstić information content (AvgIpc) is 2.58. The van der Waals surface area contributed by atoms with Crippen molar-refractivity contribution in [2.75, 3.05) is 0 Å². The summed E-state index contributed by atoms with van der Waals surface area (Å²) >= 11 is 6.98. The van der Waals surface area contributed by atoms with Crippen LogP contribution >= 0.6 is 31.9 Å². The molecule has 2 aliphatic carbocycles. The lowest BCUT2D eigenvalue weighted by molar-refractivity contribution is 0.566. The van der Waals surface area contributed by atoms with Gasteiger partial charge in [-0.15, -0.1) is 0 Å². The molecule has 2 aliphatic rings. The monoisotopic (exact) mass is 452 g/mol. The van der Waals surface area contributed by atoms with Gasteiger partial charge in [-0.05, 0) is 92.6 Å². The Morgan fingerprint density at radius 3 is 1.54 bits per heavy atom. The minimum absolute atomic E-state index is 0.193. The Kier molecular flexibility index (Phi) is 6.02. The lowest BCUT2D eigenvalue weighted by Crippen LogP contribution is -2.17. The van der Waals surface area contributed by atoms with Crippen molar-refractivity contribution in [3.63, 3.8) is 0 Å². The summed E-state index contributed by atoms with van der Waals surface area (Å²) in [5.74, 6) is 0. The Bertz CT molecular complexity index is 659. The van der Waals surface area contributed by atoms with Gasteiger partial charge in [-0.2, -0.15) is 0 Å². The molecule has 24 heavy (non-hydrogen) atoms. The van der Waals surface area contributed by atoms with Gasteiger partial charge in [-0.25, -0.2) is 0 Å². The molecular weight excluding hydrogens is 432 g/mol. The summed E-state index contributed by atoms with van der Waals surface area (Å²) in [6, 6.07) is 0.387. The number of hydrogen-bond donors (Lipinski definition) is 2. The summed E-state index contributed by atoms with van der Waals surface area (Å²) < 4.78 is 2.21. The van der Waals surface area contributed by atoms with Gasteiger partial charge in [0.05, 0.1) is 0 Å². The second-order valence-corrected chi connectivity index (χ2v) is 8.08. The first-order valence-corrected chi connectivity index (χ1v) is 9.92. The quantitative estimate of drug-likeness (QED) is 0.621. The molecule has 4 nitrogen and oxygen atoms in total. The van der Waals surface area contributed by atoms with Gasteiger partial charge in [0, 0.05) is 45.8 Å². The maximum atomic E-state index is 5.95. The molecule has 0 saturated heterocycles. The Morgan fingerprint density at radius 1 is 0.750 bits per heavy atom. The third-order valence-electron chi connectivity index (χ3n) is 4.76. The highest BCUT2D eigenvalue weighted by molar-refractivity contribution is 9.10. The lowest BCUT2D eigenvalue weighted by Gasteiger charge is -2.22. The number of pyridine rings is 2. The molecule has 128 valence electrons. The molecule has 0 aliphatic heterocycles.